The van der Waals surface area contributed by atoms with E-state index < -0.39 is 0 Å². The van der Waals surface area contributed by atoms with Crippen LogP contribution in [-0.2, 0) is 0 Å². The average Bonchev–Trinajstić information content (AvgIpc) is 2.56. The van der Waals surface area contributed by atoms with Gasteiger partial charge in [0.2, 0.25) is 0 Å². The van der Waals surface area contributed by atoms with Gasteiger partial charge in [-0.25, -0.2) is 0 Å². The first-order valence-corrected chi connectivity index (χ1v) is 7.23. The Hall–Kier alpha value is -2.55. The van der Waals surface area contributed by atoms with E-state index in [2.05, 4.69) is 46.7 Å². The van der Waals surface area contributed by atoms with E-state index in [0.717, 1.165) is 29.9 Å². The Balaban J connectivity index is 1.73. The third kappa shape index (κ3) is 2.21. The Kier molecular flexibility index (Phi) is 2.96. The van der Waals surface area contributed by atoms with Crippen molar-refractivity contribution in [2.45, 2.75) is 12.5 Å². The number of hydrogen-bond acceptors (Lipinski definition) is 3. The minimum Gasteiger partial charge on any atom is -0.493 e. The maximum atomic E-state index is 5.73. The minimum absolute atomic E-state index is 0.286. The molecule has 0 saturated carbocycles. The number of pyridine rings is 1. The van der Waals surface area contributed by atoms with Crippen LogP contribution >= 0.6 is 0 Å². The summed E-state index contributed by atoms with van der Waals surface area (Å²) in [6, 6.07) is 16.9. The average molecular weight is 276 g/mol. The molecule has 3 aromatic rings. The summed E-state index contributed by atoms with van der Waals surface area (Å²) < 4.78 is 5.73. The van der Waals surface area contributed by atoms with E-state index >= 15 is 0 Å². The number of rotatable bonds is 2. The number of fused-ring (bicyclic) bond motifs is 2. The Morgan fingerprint density at radius 2 is 2.00 bits per heavy atom. The normalized spacial score (nSPS) is 17.0. The third-order valence-electron chi connectivity index (χ3n) is 3.97. The lowest BCUT2D eigenvalue weighted by Crippen LogP contribution is -2.20. The van der Waals surface area contributed by atoms with Gasteiger partial charge in [-0.05, 0) is 18.2 Å². The van der Waals surface area contributed by atoms with Crippen molar-refractivity contribution in [3.8, 4) is 5.75 Å². The van der Waals surface area contributed by atoms with E-state index in [-0.39, 0.29) is 6.04 Å². The quantitative estimate of drug-likeness (QED) is 0.762. The highest BCUT2D eigenvalue weighted by atomic mass is 16.5. The SMILES string of the molecule is c1ccc2c(c1)OCCC2Nc1cccc2cnccc12. The van der Waals surface area contributed by atoms with Gasteiger partial charge in [-0.1, -0.05) is 30.3 Å². The molecule has 1 unspecified atom stereocenters. The molecule has 1 aliphatic rings. The summed E-state index contributed by atoms with van der Waals surface area (Å²) in [7, 11) is 0. The number of anilines is 1. The Morgan fingerprint density at radius 3 is 3.00 bits per heavy atom. The summed E-state index contributed by atoms with van der Waals surface area (Å²) in [5, 5.41) is 6.03. The molecule has 1 aromatic heterocycles. The zero-order valence-corrected chi connectivity index (χ0v) is 11.6. The van der Waals surface area contributed by atoms with Crippen molar-refractivity contribution in [1.82, 2.24) is 4.98 Å². The maximum absolute atomic E-state index is 5.73. The van der Waals surface area contributed by atoms with Crippen molar-refractivity contribution in [2.24, 2.45) is 0 Å². The Morgan fingerprint density at radius 1 is 1.05 bits per heavy atom. The molecule has 104 valence electrons. The van der Waals surface area contributed by atoms with E-state index in [0.29, 0.717) is 0 Å². The molecule has 0 aliphatic carbocycles. The molecule has 1 aliphatic heterocycles. The van der Waals surface area contributed by atoms with Gasteiger partial charge in [0, 0.05) is 40.8 Å². The van der Waals surface area contributed by atoms with Crippen molar-refractivity contribution in [3.05, 3.63) is 66.5 Å². The highest BCUT2D eigenvalue weighted by Gasteiger charge is 2.21. The lowest BCUT2D eigenvalue weighted by atomic mass is 9.99. The second kappa shape index (κ2) is 5.09. The number of aromatic nitrogens is 1. The first kappa shape index (κ1) is 12.2. The first-order valence-electron chi connectivity index (χ1n) is 7.23. The van der Waals surface area contributed by atoms with Crippen LogP contribution in [0.3, 0.4) is 0 Å². The Bertz CT molecular complexity index is 780. The molecule has 4 rings (SSSR count). The molecular formula is C18H16N2O. The zero-order chi connectivity index (χ0) is 14.1. The van der Waals surface area contributed by atoms with Gasteiger partial charge in [-0.15, -0.1) is 0 Å². The molecule has 0 radical (unpaired) electrons. The van der Waals surface area contributed by atoms with Crippen LogP contribution in [0.2, 0.25) is 0 Å². The van der Waals surface area contributed by atoms with E-state index in [1.54, 1.807) is 0 Å². The van der Waals surface area contributed by atoms with Gasteiger partial charge in [-0.2, -0.15) is 0 Å². The predicted octanol–water partition coefficient (Wildman–Crippen LogP) is 4.17. The summed E-state index contributed by atoms with van der Waals surface area (Å²) in [6.45, 7) is 0.751. The zero-order valence-electron chi connectivity index (χ0n) is 11.6. The summed E-state index contributed by atoms with van der Waals surface area (Å²) in [6.07, 6.45) is 4.71. The fourth-order valence-corrected chi connectivity index (χ4v) is 2.93. The molecule has 1 atom stereocenters. The Labute approximate surface area is 123 Å². The molecule has 1 N–H and O–H groups in total. The van der Waals surface area contributed by atoms with Crippen molar-refractivity contribution in [2.75, 3.05) is 11.9 Å². The third-order valence-corrected chi connectivity index (χ3v) is 3.97. The lowest BCUT2D eigenvalue weighted by Gasteiger charge is -2.27. The molecule has 0 saturated heterocycles. The van der Waals surface area contributed by atoms with Crippen LogP contribution in [-0.4, -0.2) is 11.6 Å². The fourth-order valence-electron chi connectivity index (χ4n) is 2.93. The molecule has 21 heavy (non-hydrogen) atoms. The predicted molar refractivity (Wildman–Crippen MR) is 84.7 cm³/mol. The molecule has 3 nitrogen and oxygen atoms in total. The second-order valence-electron chi connectivity index (χ2n) is 5.27. The van der Waals surface area contributed by atoms with Crippen LogP contribution < -0.4 is 10.1 Å². The minimum atomic E-state index is 0.286. The number of hydrogen-bond donors (Lipinski definition) is 1. The summed E-state index contributed by atoms with van der Waals surface area (Å²) in [5.41, 5.74) is 2.38. The fraction of sp³-hybridized carbons (Fsp3) is 0.167. The number of nitrogens with one attached hydrogen (secondary N) is 1. The summed E-state index contributed by atoms with van der Waals surface area (Å²) in [5.74, 6) is 0.989. The molecule has 3 heteroatoms. The van der Waals surface area contributed by atoms with Crippen LogP contribution in [0.15, 0.2) is 60.9 Å². The highest BCUT2D eigenvalue weighted by Crippen LogP contribution is 2.35. The lowest BCUT2D eigenvalue weighted by molar-refractivity contribution is 0.274. The largest absolute Gasteiger partial charge is 0.493 e. The molecular weight excluding hydrogens is 260 g/mol. The van der Waals surface area contributed by atoms with Crippen LogP contribution in [0, 0.1) is 0 Å². The van der Waals surface area contributed by atoms with Crippen molar-refractivity contribution in [1.29, 1.82) is 0 Å². The van der Waals surface area contributed by atoms with Crippen LogP contribution in [0.25, 0.3) is 10.8 Å². The monoisotopic (exact) mass is 276 g/mol. The van der Waals surface area contributed by atoms with E-state index in [9.17, 15) is 0 Å². The molecule has 0 fully saturated rings. The highest BCUT2D eigenvalue weighted by molar-refractivity contribution is 5.93. The van der Waals surface area contributed by atoms with Gasteiger partial charge in [0.15, 0.2) is 0 Å². The van der Waals surface area contributed by atoms with Crippen LogP contribution in [0.1, 0.15) is 18.0 Å². The van der Waals surface area contributed by atoms with Crippen LogP contribution in [0.5, 0.6) is 5.75 Å². The van der Waals surface area contributed by atoms with Crippen molar-refractivity contribution < 1.29 is 4.74 Å². The van der Waals surface area contributed by atoms with Gasteiger partial charge in [0.05, 0.1) is 12.6 Å². The standard InChI is InChI=1S/C18H16N2O/c1-2-7-18-15(5-1)17(9-11-21-18)20-16-6-3-4-13-12-19-10-8-14(13)16/h1-8,10,12,17,20H,9,11H2. The molecule has 0 spiro atoms. The van der Waals surface area contributed by atoms with Gasteiger partial charge in [-0.3, -0.25) is 4.98 Å². The summed E-state index contributed by atoms with van der Waals surface area (Å²) in [4.78, 5) is 4.19. The molecule has 0 amide bonds. The molecule has 0 bridgehead atoms. The number of benzene rings is 2. The van der Waals surface area contributed by atoms with Crippen molar-refractivity contribution >= 4 is 16.5 Å². The van der Waals surface area contributed by atoms with Crippen LogP contribution in [0.4, 0.5) is 5.69 Å². The topological polar surface area (TPSA) is 34.1 Å². The van der Waals surface area contributed by atoms with Gasteiger partial charge in [0.1, 0.15) is 5.75 Å². The number of nitrogens with zero attached hydrogens (tertiary/aromatic N) is 1. The number of ether oxygens (including phenoxy) is 1. The van der Waals surface area contributed by atoms with Crippen molar-refractivity contribution in [3.63, 3.8) is 0 Å². The van der Waals surface area contributed by atoms with Gasteiger partial charge < -0.3 is 10.1 Å². The smallest absolute Gasteiger partial charge is 0.124 e. The van der Waals surface area contributed by atoms with Gasteiger partial charge in [0.25, 0.3) is 0 Å². The number of para-hydroxylation sites is 1. The van der Waals surface area contributed by atoms with E-state index in [1.165, 1.54) is 10.9 Å². The summed E-state index contributed by atoms with van der Waals surface area (Å²) >= 11 is 0. The van der Waals surface area contributed by atoms with E-state index in [4.69, 9.17) is 4.74 Å². The van der Waals surface area contributed by atoms with Gasteiger partial charge >= 0.3 is 0 Å². The second-order valence-corrected chi connectivity index (χ2v) is 5.27. The molecule has 2 aromatic carbocycles. The van der Waals surface area contributed by atoms with E-state index in [1.807, 2.05) is 24.5 Å². The first-order chi connectivity index (χ1) is 10.4. The molecule has 2 heterocycles. The maximum Gasteiger partial charge on any atom is 0.124 e.